The number of anilines is 1. The van der Waals surface area contributed by atoms with E-state index in [0.717, 1.165) is 30.6 Å². The van der Waals surface area contributed by atoms with E-state index in [1.165, 1.54) is 11.1 Å². The predicted octanol–water partition coefficient (Wildman–Crippen LogP) is 3.34. The number of aromatic amines is 1. The van der Waals surface area contributed by atoms with Gasteiger partial charge in [0.1, 0.15) is 5.69 Å². The molecule has 0 spiro atoms. The van der Waals surface area contributed by atoms with Gasteiger partial charge in [-0.05, 0) is 54.5 Å². The first-order valence-electron chi connectivity index (χ1n) is 7.79. The molecule has 1 heterocycles. The molecule has 1 aliphatic carbocycles. The smallest absolute Gasteiger partial charge is 0.272 e. The highest BCUT2D eigenvalue weighted by Crippen LogP contribution is 2.31. The van der Waals surface area contributed by atoms with Crippen LogP contribution in [0.5, 0.6) is 0 Å². The van der Waals surface area contributed by atoms with Crippen molar-refractivity contribution in [2.24, 2.45) is 0 Å². The Balaban J connectivity index is 0.00000192. The minimum atomic E-state index is -0.127. The Kier molecular flexibility index (Phi) is 5.31. The topological polar surface area (TPSA) is 83.8 Å². The van der Waals surface area contributed by atoms with Crippen molar-refractivity contribution in [2.45, 2.75) is 45.1 Å². The molecule has 6 heteroatoms. The highest BCUT2D eigenvalue weighted by atomic mass is 35.5. The molecule has 1 aromatic carbocycles. The van der Waals surface area contributed by atoms with Crippen LogP contribution in [0.1, 0.15) is 66.0 Å². The monoisotopic (exact) mass is 334 g/mol. The first-order valence-corrected chi connectivity index (χ1v) is 7.79. The molecule has 1 aromatic heterocycles. The standard InChI is InChI=1S/C17H22N4O.ClH/c1-10(2)15-9-16(21-20-15)17(22)19-14-5-3-4-11-8-12(18)6-7-13(11)14;/h6-10,14H,3-5,18H2,1-2H3,(H,19,22)(H,20,21);1H. The van der Waals surface area contributed by atoms with Crippen molar-refractivity contribution in [3.63, 3.8) is 0 Å². The SMILES string of the molecule is CC(C)c1cc(C(=O)NC2CCCc3cc(N)ccc32)n[nH]1.Cl. The number of rotatable bonds is 3. The largest absolute Gasteiger partial charge is 0.399 e. The number of carbonyl (C=O) groups excluding carboxylic acids is 1. The summed E-state index contributed by atoms with van der Waals surface area (Å²) < 4.78 is 0. The first kappa shape index (κ1) is 17.3. The number of fused-ring (bicyclic) bond motifs is 1. The zero-order valence-corrected chi connectivity index (χ0v) is 14.2. The Labute approximate surface area is 142 Å². The quantitative estimate of drug-likeness (QED) is 0.753. The van der Waals surface area contributed by atoms with Crippen LogP contribution in [0, 0.1) is 0 Å². The zero-order valence-electron chi connectivity index (χ0n) is 13.4. The molecular weight excluding hydrogens is 312 g/mol. The Morgan fingerprint density at radius 2 is 2.17 bits per heavy atom. The second-order valence-corrected chi connectivity index (χ2v) is 6.24. The van der Waals surface area contributed by atoms with E-state index >= 15 is 0 Å². The molecule has 0 bridgehead atoms. The number of aromatic nitrogens is 2. The van der Waals surface area contributed by atoms with Crippen LogP contribution in [0.15, 0.2) is 24.3 Å². The number of hydrogen-bond acceptors (Lipinski definition) is 3. The lowest BCUT2D eigenvalue weighted by atomic mass is 9.87. The molecule has 124 valence electrons. The molecule has 1 unspecified atom stereocenters. The molecule has 0 fully saturated rings. The molecule has 2 aromatic rings. The van der Waals surface area contributed by atoms with E-state index in [9.17, 15) is 4.79 Å². The number of H-pyrrole nitrogens is 1. The van der Waals surface area contributed by atoms with Crippen molar-refractivity contribution in [1.82, 2.24) is 15.5 Å². The van der Waals surface area contributed by atoms with Gasteiger partial charge in [-0.1, -0.05) is 19.9 Å². The fourth-order valence-corrected chi connectivity index (χ4v) is 2.97. The highest BCUT2D eigenvalue weighted by molar-refractivity contribution is 5.92. The Morgan fingerprint density at radius 3 is 2.87 bits per heavy atom. The van der Waals surface area contributed by atoms with Crippen molar-refractivity contribution in [3.8, 4) is 0 Å². The first-order chi connectivity index (χ1) is 10.5. The van der Waals surface area contributed by atoms with Crippen molar-refractivity contribution in [1.29, 1.82) is 0 Å². The number of hydrogen-bond donors (Lipinski definition) is 3. The molecule has 5 nitrogen and oxygen atoms in total. The predicted molar refractivity (Wildman–Crippen MR) is 93.9 cm³/mol. The molecule has 1 amide bonds. The lowest BCUT2D eigenvalue weighted by Gasteiger charge is -2.26. The molecule has 0 saturated heterocycles. The van der Waals surface area contributed by atoms with E-state index in [1.54, 1.807) is 0 Å². The van der Waals surface area contributed by atoms with Crippen LogP contribution in [0.3, 0.4) is 0 Å². The molecular formula is C17H23ClN4O. The highest BCUT2D eigenvalue weighted by Gasteiger charge is 2.23. The van der Waals surface area contributed by atoms with Crippen molar-refractivity contribution >= 4 is 24.0 Å². The van der Waals surface area contributed by atoms with E-state index in [0.29, 0.717) is 11.6 Å². The zero-order chi connectivity index (χ0) is 15.7. The molecule has 0 aliphatic heterocycles. The summed E-state index contributed by atoms with van der Waals surface area (Å²) in [5.74, 6) is 0.199. The van der Waals surface area contributed by atoms with Crippen molar-refractivity contribution < 1.29 is 4.79 Å². The van der Waals surface area contributed by atoms with Gasteiger partial charge in [-0.25, -0.2) is 0 Å². The molecule has 0 saturated carbocycles. The molecule has 23 heavy (non-hydrogen) atoms. The normalized spacial score (nSPS) is 16.6. The summed E-state index contributed by atoms with van der Waals surface area (Å²) >= 11 is 0. The van der Waals surface area contributed by atoms with Gasteiger partial charge in [0.25, 0.3) is 5.91 Å². The average molecular weight is 335 g/mol. The molecule has 1 aliphatic rings. The van der Waals surface area contributed by atoms with Gasteiger partial charge in [-0.3, -0.25) is 9.89 Å². The summed E-state index contributed by atoms with van der Waals surface area (Å²) in [6, 6.07) is 7.80. The minimum absolute atomic E-state index is 0. The summed E-state index contributed by atoms with van der Waals surface area (Å²) in [4.78, 5) is 12.4. The fraction of sp³-hybridized carbons (Fsp3) is 0.412. The summed E-state index contributed by atoms with van der Waals surface area (Å²) in [5, 5.41) is 10.1. The number of nitrogens with one attached hydrogen (secondary N) is 2. The number of nitrogens with two attached hydrogens (primary N) is 1. The van der Waals surface area contributed by atoms with E-state index in [2.05, 4.69) is 29.4 Å². The third-order valence-electron chi connectivity index (χ3n) is 4.24. The van der Waals surface area contributed by atoms with E-state index < -0.39 is 0 Å². The average Bonchev–Trinajstić information content (AvgIpc) is 2.97. The third-order valence-corrected chi connectivity index (χ3v) is 4.24. The fourth-order valence-electron chi connectivity index (χ4n) is 2.97. The molecule has 0 radical (unpaired) electrons. The third kappa shape index (κ3) is 3.67. The van der Waals surface area contributed by atoms with Gasteiger partial charge in [0.2, 0.25) is 0 Å². The van der Waals surface area contributed by atoms with Gasteiger partial charge in [0.15, 0.2) is 0 Å². The van der Waals surface area contributed by atoms with Crippen LogP contribution in [0.2, 0.25) is 0 Å². The Bertz CT molecular complexity index is 696. The maximum atomic E-state index is 12.4. The van der Waals surface area contributed by atoms with Crippen LogP contribution in [-0.2, 0) is 6.42 Å². The van der Waals surface area contributed by atoms with Gasteiger partial charge < -0.3 is 11.1 Å². The lowest BCUT2D eigenvalue weighted by Crippen LogP contribution is -2.31. The van der Waals surface area contributed by atoms with Crippen molar-refractivity contribution in [2.75, 3.05) is 5.73 Å². The lowest BCUT2D eigenvalue weighted by molar-refractivity contribution is 0.0927. The van der Waals surface area contributed by atoms with Gasteiger partial charge in [0, 0.05) is 11.4 Å². The summed E-state index contributed by atoms with van der Waals surface area (Å²) in [6.45, 7) is 4.13. The van der Waals surface area contributed by atoms with Gasteiger partial charge in [-0.15, -0.1) is 12.4 Å². The number of carbonyl (C=O) groups is 1. The van der Waals surface area contributed by atoms with Gasteiger partial charge >= 0.3 is 0 Å². The number of amides is 1. The second kappa shape index (κ2) is 7.04. The molecule has 3 rings (SSSR count). The number of nitrogens with zero attached hydrogens (tertiary/aromatic N) is 1. The van der Waals surface area contributed by atoms with Crippen LogP contribution in [0.25, 0.3) is 0 Å². The van der Waals surface area contributed by atoms with Crippen LogP contribution < -0.4 is 11.1 Å². The number of aryl methyl sites for hydroxylation is 1. The summed E-state index contributed by atoms with van der Waals surface area (Å²) in [6.07, 6.45) is 3.02. The molecule has 4 N–H and O–H groups in total. The molecule has 1 atom stereocenters. The van der Waals surface area contributed by atoms with E-state index in [4.69, 9.17) is 5.73 Å². The second-order valence-electron chi connectivity index (χ2n) is 6.24. The Morgan fingerprint density at radius 1 is 1.39 bits per heavy atom. The van der Waals surface area contributed by atoms with Crippen LogP contribution in [0.4, 0.5) is 5.69 Å². The maximum absolute atomic E-state index is 12.4. The summed E-state index contributed by atoms with van der Waals surface area (Å²) in [7, 11) is 0. The number of benzene rings is 1. The van der Waals surface area contributed by atoms with E-state index in [1.807, 2.05) is 24.3 Å². The Hall–Kier alpha value is -2.01. The number of halogens is 1. The minimum Gasteiger partial charge on any atom is -0.399 e. The van der Waals surface area contributed by atoms with Crippen molar-refractivity contribution in [3.05, 3.63) is 46.8 Å². The van der Waals surface area contributed by atoms with Gasteiger partial charge in [-0.2, -0.15) is 5.10 Å². The van der Waals surface area contributed by atoms with E-state index in [-0.39, 0.29) is 24.4 Å². The number of nitrogen functional groups attached to an aromatic ring is 1. The summed E-state index contributed by atoms with van der Waals surface area (Å²) in [5.41, 5.74) is 10.5. The van der Waals surface area contributed by atoms with Gasteiger partial charge in [0.05, 0.1) is 6.04 Å². The van der Waals surface area contributed by atoms with Crippen LogP contribution in [-0.4, -0.2) is 16.1 Å². The maximum Gasteiger partial charge on any atom is 0.272 e. The van der Waals surface area contributed by atoms with Crippen LogP contribution >= 0.6 is 12.4 Å².